The minimum absolute atomic E-state index is 0.198. The van der Waals surface area contributed by atoms with Gasteiger partial charge in [0.25, 0.3) is 0 Å². The minimum atomic E-state index is -4.36. The van der Waals surface area contributed by atoms with Gasteiger partial charge in [0.05, 0.1) is 10.9 Å². The van der Waals surface area contributed by atoms with Crippen LogP contribution in [-0.4, -0.2) is 17.8 Å². The molecule has 0 N–H and O–H groups in total. The summed E-state index contributed by atoms with van der Waals surface area (Å²) in [5.74, 6) is 0.198. The van der Waals surface area contributed by atoms with Gasteiger partial charge in [0.15, 0.2) is 6.61 Å². The predicted molar refractivity (Wildman–Crippen MR) is 70.8 cm³/mol. The van der Waals surface area contributed by atoms with Crippen LogP contribution in [0.15, 0.2) is 48.7 Å². The molecule has 2 aromatic carbocycles. The third-order valence-electron chi connectivity index (χ3n) is 2.97. The first-order chi connectivity index (χ1) is 9.54. The zero-order chi connectivity index (χ0) is 14.2. The number of fused-ring (bicyclic) bond motifs is 3. The Balaban J connectivity index is 2.18. The molecular weight excluding hydrogens is 267 g/mol. The lowest BCUT2D eigenvalue weighted by Crippen LogP contribution is -2.19. The Kier molecular flexibility index (Phi) is 2.97. The highest BCUT2D eigenvalue weighted by Gasteiger charge is 2.28. The van der Waals surface area contributed by atoms with Crippen LogP contribution in [0.5, 0.6) is 5.75 Å². The number of halogens is 3. The fourth-order valence-electron chi connectivity index (χ4n) is 2.16. The van der Waals surface area contributed by atoms with Crippen LogP contribution in [0.4, 0.5) is 13.2 Å². The lowest BCUT2D eigenvalue weighted by molar-refractivity contribution is -0.153. The third-order valence-corrected chi connectivity index (χ3v) is 2.97. The van der Waals surface area contributed by atoms with E-state index in [2.05, 4.69) is 4.98 Å². The Bertz CT molecular complexity index is 768. The molecule has 1 heterocycles. The minimum Gasteiger partial charge on any atom is -0.483 e. The van der Waals surface area contributed by atoms with Gasteiger partial charge in [-0.3, -0.25) is 4.98 Å². The molecule has 0 radical (unpaired) electrons. The van der Waals surface area contributed by atoms with Gasteiger partial charge in [0.2, 0.25) is 0 Å². The predicted octanol–water partition coefficient (Wildman–Crippen LogP) is 4.33. The number of benzene rings is 2. The highest BCUT2D eigenvalue weighted by molar-refractivity contribution is 6.08. The van der Waals surface area contributed by atoms with E-state index in [9.17, 15) is 13.2 Å². The maximum Gasteiger partial charge on any atom is 0.422 e. The second kappa shape index (κ2) is 4.67. The van der Waals surface area contributed by atoms with Crippen molar-refractivity contribution >= 4 is 21.7 Å². The van der Waals surface area contributed by atoms with Crippen molar-refractivity contribution in [2.75, 3.05) is 6.61 Å². The highest BCUT2D eigenvalue weighted by Crippen LogP contribution is 2.32. The molecule has 0 atom stereocenters. The fraction of sp³-hybridized carbons (Fsp3) is 0.133. The van der Waals surface area contributed by atoms with Gasteiger partial charge in [-0.2, -0.15) is 13.2 Å². The van der Waals surface area contributed by atoms with Crippen molar-refractivity contribution in [1.82, 2.24) is 4.98 Å². The first-order valence-corrected chi connectivity index (χ1v) is 6.01. The Morgan fingerprint density at radius 2 is 1.70 bits per heavy atom. The van der Waals surface area contributed by atoms with Crippen LogP contribution >= 0.6 is 0 Å². The molecule has 0 amide bonds. The molecular formula is C15H10F3NO. The molecule has 102 valence electrons. The molecule has 0 spiro atoms. The van der Waals surface area contributed by atoms with Crippen molar-refractivity contribution in [3.63, 3.8) is 0 Å². The third kappa shape index (κ3) is 2.39. The van der Waals surface area contributed by atoms with E-state index in [0.29, 0.717) is 10.9 Å². The highest BCUT2D eigenvalue weighted by atomic mass is 19.4. The van der Waals surface area contributed by atoms with Gasteiger partial charge >= 0.3 is 6.18 Å². The summed E-state index contributed by atoms with van der Waals surface area (Å²) in [4.78, 5) is 4.25. The number of alkyl halides is 3. The normalized spacial score (nSPS) is 11.9. The molecule has 2 nitrogen and oxygen atoms in total. The van der Waals surface area contributed by atoms with E-state index in [0.717, 1.165) is 10.8 Å². The fourth-order valence-corrected chi connectivity index (χ4v) is 2.16. The number of aromatic nitrogens is 1. The average Bonchev–Trinajstić information content (AvgIpc) is 2.44. The molecule has 1 aromatic heterocycles. The number of hydrogen-bond acceptors (Lipinski definition) is 2. The van der Waals surface area contributed by atoms with Gasteiger partial charge in [-0.25, -0.2) is 0 Å². The van der Waals surface area contributed by atoms with E-state index in [1.54, 1.807) is 18.3 Å². The molecule has 0 bridgehead atoms. The molecule has 0 aliphatic carbocycles. The molecule has 0 unspecified atom stereocenters. The van der Waals surface area contributed by atoms with Crippen LogP contribution in [0.3, 0.4) is 0 Å². The number of pyridine rings is 1. The van der Waals surface area contributed by atoms with Crippen LogP contribution in [0.1, 0.15) is 0 Å². The topological polar surface area (TPSA) is 22.1 Å². The van der Waals surface area contributed by atoms with E-state index >= 15 is 0 Å². The summed E-state index contributed by atoms with van der Waals surface area (Å²) in [6, 6.07) is 12.4. The summed E-state index contributed by atoms with van der Waals surface area (Å²) in [5, 5.41) is 2.27. The zero-order valence-electron chi connectivity index (χ0n) is 10.3. The average molecular weight is 277 g/mol. The van der Waals surface area contributed by atoms with Crippen molar-refractivity contribution in [1.29, 1.82) is 0 Å². The largest absolute Gasteiger partial charge is 0.483 e. The Morgan fingerprint density at radius 3 is 2.50 bits per heavy atom. The monoisotopic (exact) mass is 277 g/mol. The van der Waals surface area contributed by atoms with E-state index in [4.69, 9.17) is 4.74 Å². The maximum atomic E-state index is 12.3. The Hall–Kier alpha value is -2.30. The van der Waals surface area contributed by atoms with Crippen molar-refractivity contribution in [3.8, 4) is 5.75 Å². The number of hydrogen-bond donors (Lipinski definition) is 0. The number of rotatable bonds is 2. The first kappa shape index (κ1) is 12.7. The van der Waals surface area contributed by atoms with Crippen molar-refractivity contribution < 1.29 is 17.9 Å². The lowest BCUT2D eigenvalue weighted by Gasteiger charge is -2.12. The molecule has 5 heteroatoms. The second-order valence-corrected chi connectivity index (χ2v) is 4.40. The Labute approximate surface area is 112 Å². The van der Waals surface area contributed by atoms with Gasteiger partial charge in [-0.05, 0) is 17.5 Å². The van der Waals surface area contributed by atoms with Crippen LogP contribution in [0.25, 0.3) is 21.7 Å². The van der Waals surface area contributed by atoms with Crippen LogP contribution in [0.2, 0.25) is 0 Å². The molecule has 0 saturated heterocycles. The standard InChI is InChI=1S/C15H10F3NO/c16-15(17,18)9-20-12-5-1-3-10-6-7-11-4-2-8-19-14(11)13(10)12/h1-8H,9H2. The summed E-state index contributed by atoms with van der Waals surface area (Å²) in [6.07, 6.45) is -2.75. The van der Waals surface area contributed by atoms with E-state index in [-0.39, 0.29) is 5.75 Å². The summed E-state index contributed by atoms with van der Waals surface area (Å²) >= 11 is 0. The van der Waals surface area contributed by atoms with Crippen LogP contribution in [-0.2, 0) is 0 Å². The Morgan fingerprint density at radius 1 is 0.950 bits per heavy atom. The molecule has 0 saturated carbocycles. The second-order valence-electron chi connectivity index (χ2n) is 4.40. The molecule has 20 heavy (non-hydrogen) atoms. The summed E-state index contributed by atoms with van der Waals surface area (Å²) < 4.78 is 41.9. The van der Waals surface area contributed by atoms with Gasteiger partial charge in [0, 0.05) is 11.6 Å². The number of nitrogens with zero attached hydrogens (tertiary/aromatic N) is 1. The van der Waals surface area contributed by atoms with E-state index in [1.807, 2.05) is 24.3 Å². The smallest absolute Gasteiger partial charge is 0.422 e. The van der Waals surface area contributed by atoms with Gasteiger partial charge in [0.1, 0.15) is 5.75 Å². The lowest BCUT2D eigenvalue weighted by atomic mass is 10.1. The quantitative estimate of drug-likeness (QED) is 0.650. The first-order valence-electron chi connectivity index (χ1n) is 6.01. The van der Waals surface area contributed by atoms with Crippen LogP contribution in [0, 0.1) is 0 Å². The summed E-state index contributed by atoms with van der Waals surface area (Å²) in [5.41, 5.74) is 0.641. The maximum absolute atomic E-state index is 12.3. The van der Waals surface area contributed by atoms with Crippen LogP contribution < -0.4 is 4.74 Å². The summed E-state index contributed by atoms with van der Waals surface area (Å²) in [6.45, 7) is -1.31. The number of ether oxygens (including phenoxy) is 1. The van der Waals surface area contributed by atoms with Gasteiger partial charge < -0.3 is 4.74 Å². The van der Waals surface area contributed by atoms with E-state index < -0.39 is 12.8 Å². The van der Waals surface area contributed by atoms with Gasteiger partial charge in [-0.1, -0.05) is 30.3 Å². The molecule has 0 fully saturated rings. The summed E-state index contributed by atoms with van der Waals surface area (Å²) in [7, 11) is 0. The molecule has 3 rings (SSSR count). The molecule has 0 aliphatic rings. The molecule has 3 aromatic rings. The van der Waals surface area contributed by atoms with E-state index in [1.165, 1.54) is 6.07 Å². The van der Waals surface area contributed by atoms with Crippen molar-refractivity contribution in [2.45, 2.75) is 6.18 Å². The SMILES string of the molecule is FC(F)(F)COc1cccc2ccc3cccnc3c12. The van der Waals surface area contributed by atoms with Gasteiger partial charge in [-0.15, -0.1) is 0 Å². The molecule has 0 aliphatic heterocycles. The zero-order valence-corrected chi connectivity index (χ0v) is 10.3. The van der Waals surface area contributed by atoms with Crippen molar-refractivity contribution in [2.24, 2.45) is 0 Å². The van der Waals surface area contributed by atoms with Crippen molar-refractivity contribution in [3.05, 3.63) is 48.7 Å².